The SMILES string of the molecule is COc1ccc(Br)c(CC/C=C\c2ccccc2)c1. The molecular formula is C17H17BrO. The maximum atomic E-state index is 5.25. The van der Waals surface area contributed by atoms with Crippen LogP contribution in [0.15, 0.2) is 59.1 Å². The molecule has 0 aliphatic carbocycles. The number of ether oxygens (including phenoxy) is 1. The first-order chi connectivity index (χ1) is 9.29. The summed E-state index contributed by atoms with van der Waals surface area (Å²) in [7, 11) is 1.70. The van der Waals surface area contributed by atoms with Crippen LogP contribution >= 0.6 is 15.9 Å². The molecule has 0 amide bonds. The van der Waals surface area contributed by atoms with Gasteiger partial charge >= 0.3 is 0 Å². The molecule has 0 aromatic heterocycles. The third-order valence-electron chi connectivity index (χ3n) is 2.94. The van der Waals surface area contributed by atoms with Crippen molar-refractivity contribution in [1.29, 1.82) is 0 Å². The number of methoxy groups -OCH3 is 1. The van der Waals surface area contributed by atoms with Crippen LogP contribution in [-0.4, -0.2) is 7.11 Å². The van der Waals surface area contributed by atoms with E-state index in [-0.39, 0.29) is 0 Å². The molecule has 0 aliphatic heterocycles. The molecule has 2 heteroatoms. The van der Waals surface area contributed by atoms with Gasteiger partial charge in [-0.25, -0.2) is 0 Å². The smallest absolute Gasteiger partial charge is 0.119 e. The van der Waals surface area contributed by atoms with Crippen molar-refractivity contribution < 1.29 is 4.74 Å². The van der Waals surface area contributed by atoms with E-state index in [2.05, 4.69) is 58.4 Å². The van der Waals surface area contributed by atoms with Gasteiger partial charge in [-0.05, 0) is 42.2 Å². The van der Waals surface area contributed by atoms with Crippen LogP contribution in [0.4, 0.5) is 0 Å². The lowest BCUT2D eigenvalue weighted by atomic mass is 10.1. The van der Waals surface area contributed by atoms with Crippen molar-refractivity contribution in [3.8, 4) is 5.75 Å². The van der Waals surface area contributed by atoms with Gasteiger partial charge in [0.25, 0.3) is 0 Å². The molecule has 98 valence electrons. The summed E-state index contributed by atoms with van der Waals surface area (Å²) in [5.74, 6) is 0.908. The summed E-state index contributed by atoms with van der Waals surface area (Å²) >= 11 is 3.58. The van der Waals surface area contributed by atoms with Crippen molar-refractivity contribution >= 4 is 22.0 Å². The van der Waals surface area contributed by atoms with Crippen LogP contribution in [0.5, 0.6) is 5.75 Å². The van der Waals surface area contributed by atoms with Crippen LogP contribution in [0.1, 0.15) is 17.5 Å². The lowest BCUT2D eigenvalue weighted by molar-refractivity contribution is 0.414. The Morgan fingerprint density at radius 2 is 1.89 bits per heavy atom. The van der Waals surface area contributed by atoms with Gasteiger partial charge in [0, 0.05) is 4.47 Å². The van der Waals surface area contributed by atoms with Crippen molar-refractivity contribution in [3.63, 3.8) is 0 Å². The lowest BCUT2D eigenvalue weighted by Gasteiger charge is -2.05. The van der Waals surface area contributed by atoms with E-state index in [1.54, 1.807) is 7.11 Å². The molecule has 1 nitrogen and oxygen atoms in total. The first-order valence-corrected chi connectivity index (χ1v) is 7.13. The zero-order valence-electron chi connectivity index (χ0n) is 11.0. The van der Waals surface area contributed by atoms with Gasteiger partial charge in [-0.2, -0.15) is 0 Å². The highest BCUT2D eigenvalue weighted by molar-refractivity contribution is 9.10. The van der Waals surface area contributed by atoms with Gasteiger partial charge in [-0.15, -0.1) is 0 Å². The van der Waals surface area contributed by atoms with Gasteiger partial charge in [0.1, 0.15) is 5.75 Å². The van der Waals surface area contributed by atoms with Crippen LogP contribution in [0.3, 0.4) is 0 Å². The van der Waals surface area contributed by atoms with Gasteiger partial charge in [0.05, 0.1) is 7.11 Å². The van der Waals surface area contributed by atoms with Crippen molar-refractivity contribution in [1.82, 2.24) is 0 Å². The third-order valence-corrected chi connectivity index (χ3v) is 3.72. The van der Waals surface area contributed by atoms with Gasteiger partial charge in [-0.3, -0.25) is 0 Å². The molecule has 0 N–H and O–H groups in total. The fourth-order valence-corrected chi connectivity index (χ4v) is 2.34. The Kier molecular flexibility index (Phi) is 5.22. The largest absolute Gasteiger partial charge is 0.497 e. The van der Waals surface area contributed by atoms with E-state index in [0.29, 0.717) is 0 Å². The number of benzene rings is 2. The van der Waals surface area contributed by atoms with E-state index < -0.39 is 0 Å². The van der Waals surface area contributed by atoms with Crippen LogP contribution in [0, 0.1) is 0 Å². The van der Waals surface area contributed by atoms with Crippen LogP contribution in [-0.2, 0) is 6.42 Å². The maximum Gasteiger partial charge on any atom is 0.119 e. The van der Waals surface area contributed by atoms with E-state index >= 15 is 0 Å². The Bertz CT molecular complexity index is 546. The molecule has 0 bridgehead atoms. The summed E-state index contributed by atoms with van der Waals surface area (Å²) < 4.78 is 6.39. The molecular weight excluding hydrogens is 300 g/mol. The van der Waals surface area contributed by atoms with E-state index in [4.69, 9.17) is 4.74 Å². The molecule has 0 fully saturated rings. The summed E-state index contributed by atoms with van der Waals surface area (Å²) in [5, 5.41) is 0. The molecule has 0 radical (unpaired) electrons. The fraction of sp³-hybridized carbons (Fsp3) is 0.176. The highest BCUT2D eigenvalue weighted by Crippen LogP contribution is 2.23. The summed E-state index contributed by atoms with van der Waals surface area (Å²) in [6, 6.07) is 16.4. The Morgan fingerprint density at radius 3 is 2.63 bits per heavy atom. The summed E-state index contributed by atoms with van der Waals surface area (Å²) in [6.45, 7) is 0. The molecule has 0 saturated heterocycles. The van der Waals surface area contributed by atoms with Crippen molar-refractivity contribution in [3.05, 3.63) is 70.2 Å². The molecule has 0 unspecified atom stereocenters. The van der Waals surface area contributed by atoms with E-state index in [1.165, 1.54) is 11.1 Å². The van der Waals surface area contributed by atoms with Crippen molar-refractivity contribution in [2.24, 2.45) is 0 Å². The molecule has 19 heavy (non-hydrogen) atoms. The minimum Gasteiger partial charge on any atom is -0.497 e. The normalized spacial score (nSPS) is 10.8. The molecule has 2 aromatic carbocycles. The van der Waals surface area contributed by atoms with E-state index in [9.17, 15) is 0 Å². The number of halogens is 1. The number of hydrogen-bond acceptors (Lipinski definition) is 1. The first kappa shape index (κ1) is 13.9. The number of allylic oxidation sites excluding steroid dienone is 1. The molecule has 0 atom stereocenters. The molecule has 0 aliphatic rings. The second-order valence-corrected chi connectivity index (χ2v) is 5.16. The summed E-state index contributed by atoms with van der Waals surface area (Å²) in [6.07, 6.45) is 6.39. The van der Waals surface area contributed by atoms with Gasteiger partial charge < -0.3 is 4.74 Å². The second-order valence-electron chi connectivity index (χ2n) is 4.31. The Hall–Kier alpha value is -1.54. The Balaban J connectivity index is 1.94. The third kappa shape index (κ3) is 4.25. The Labute approximate surface area is 123 Å². The zero-order chi connectivity index (χ0) is 13.5. The van der Waals surface area contributed by atoms with Crippen LogP contribution in [0.2, 0.25) is 0 Å². The molecule has 0 heterocycles. The van der Waals surface area contributed by atoms with Crippen molar-refractivity contribution in [2.75, 3.05) is 7.11 Å². The number of hydrogen-bond donors (Lipinski definition) is 0. The van der Waals surface area contributed by atoms with Gasteiger partial charge in [-0.1, -0.05) is 58.4 Å². The minimum atomic E-state index is 0.908. The fourth-order valence-electron chi connectivity index (χ4n) is 1.89. The zero-order valence-corrected chi connectivity index (χ0v) is 12.6. The predicted molar refractivity (Wildman–Crippen MR) is 84.5 cm³/mol. The highest BCUT2D eigenvalue weighted by atomic mass is 79.9. The summed E-state index contributed by atoms with van der Waals surface area (Å²) in [4.78, 5) is 0. The number of rotatable bonds is 5. The first-order valence-electron chi connectivity index (χ1n) is 6.33. The molecule has 0 spiro atoms. The summed E-state index contributed by atoms with van der Waals surface area (Å²) in [5.41, 5.74) is 2.52. The molecule has 2 rings (SSSR count). The number of aryl methyl sites for hydroxylation is 1. The van der Waals surface area contributed by atoms with Crippen LogP contribution in [0.25, 0.3) is 6.08 Å². The molecule has 0 saturated carbocycles. The maximum absolute atomic E-state index is 5.25. The second kappa shape index (κ2) is 7.15. The van der Waals surface area contributed by atoms with Gasteiger partial charge in [0.2, 0.25) is 0 Å². The standard InChI is InChI=1S/C17H17BrO/c1-19-16-11-12-17(18)15(13-16)10-6-5-9-14-7-3-2-4-8-14/h2-5,7-9,11-13H,6,10H2,1H3/b9-5-. The lowest BCUT2D eigenvalue weighted by Crippen LogP contribution is -1.89. The highest BCUT2D eigenvalue weighted by Gasteiger charge is 2.00. The van der Waals surface area contributed by atoms with Crippen molar-refractivity contribution in [2.45, 2.75) is 12.8 Å². The van der Waals surface area contributed by atoms with E-state index in [1.807, 2.05) is 18.2 Å². The minimum absolute atomic E-state index is 0.908. The average molecular weight is 317 g/mol. The average Bonchev–Trinajstić information content (AvgIpc) is 2.46. The quantitative estimate of drug-likeness (QED) is 0.745. The monoisotopic (exact) mass is 316 g/mol. The topological polar surface area (TPSA) is 9.23 Å². The Morgan fingerprint density at radius 1 is 1.11 bits per heavy atom. The van der Waals surface area contributed by atoms with Crippen LogP contribution < -0.4 is 4.74 Å². The van der Waals surface area contributed by atoms with E-state index in [0.717, 1.165) is 23.1 Å². The molecule has 2 aromatic rings. The van der Waals surface area contributed by atoms with Gasteiger partial charge in [0.15, 0.2) is 0 Å². The predicted octanol–water partition coefficient (Wildman–Crippen LogP) is 5.10.